The van der Waals surface area contributed by atoms with Crippen molar-refractivity contribution in [2.24, 2.45) is 0 Å². The third kappa shape index (κ3) is 5.95. The monoisotopic (exact) mass is 412 g/mol. The molecular weight excluding hydrogens is 393 g/mol. The Hall–Kier alpha value is -3.08. The first kappa shape index (κ1) is 20.6. The van der Waals surface area contributed by atoms with E-state index in [4.69, 9.17) is 4.52 Å². The van der Waals surface area contributed by atoms with E-state index in [9.17, 15) is 22.8 Å². The number of hydrogen-bond acceptors (Lipinski definition) is 6. The quantitative estimate of drug-likeness (QED) is 0.811. The molecule has 1 aromatic heterocycles. The van der Waals surface area contributed by atoms with Gasteiger partial charge in [-0.25, -0.2) is 0 Å². The average Bonchev–Trinajstić information content (AvgIpc) is 3.05. The van der Waals surface area contributed by atoms with Crippen molar-refractivity contribution >= 4 is 17.6 Å². The summed E-state index contributed by atoms with van der Waals surface area (Å²) < 4.78 is 45.3. The summed E-state index contributed by atoms with van der Waals surface area (Å²) in [6.07, 6.45) is -4.78. The molecule has 0 saturated carbocycles. The van der Waals surface area contributed by atoms with Gasteiger partial charge in [0.05, 0.1) is 6.54 Å². The Balaban J connectivity index is 1.47. The molecule has 1 saturated heterocycles. The zero-order chi connectivity index (χ0) is 21.0. The maximum Gasteiger partial charge on any atom is 0.573 e. The molecule has 156 valence electrons. The number of piperazine rings is 1. The molecular formula is C18H19F3N4O4. The zero-order valence-corrected chi connectivity index (χ0v) is 15.5. The van der Waals surface area contributed by atoms with Crippen molar-refractivity contribution in [3.63, 3.8) is 0 Å². The topological polar surface area (TPSA) is 87.9 Å². The van der Waals surface area contributed by atoms with Crippen LogP contribution in [0.5, 0.6) is 5.75 Å². The highest BCUT2D eigenvalue weighted by molar-refractivity contribution is 5.94. The van der Waals surface area contributed by atoms with E-state index in [2.05, 4.69) is 15.2 Å². The van der Waals surface area contributed by atoms with E-state index in [1.807, 2.05) is 4.90 Å². The lowest BCUT2D eigenvalue weighted by Gasteiger charge is -2.34. The molecule has 8 nitrogen and oxygen atoms in total. The van der Waals surface area contributed by atoms with Crippen LogP contribution in [0.15, 0.2) is 34.9 Å². The Morgan fingerprint density at radius 1 is 1.17 bits per heavy atom. The SMILES string of the molecule is Cc1cc(NC(=O)CN2CCN(C(=O)c3ccc(OC(F)(F)F)cc3)CC2)no1. The maximum atomic E-state index is 12.5. The summed E-state index contributed by atoms with van der Waals surface area (Å²) in [5.41, 5.74) is 0.270. The number of rotatable bonds is 5. The van der Waals surface area contributed by atoms with Crippen LogP contribution in [0.4, 0.5) is 19.0 Å². The molecule has 1 fully saturated rings. The summed E-state index contributed by atoms with van der Waals surface area (Å²) in [5.74, 6) is 0.0286. The largest absolute Gasteiger partial charge is 0.573 e. The first-order chi connectivity index (χ1) is 13.7. The predicted molar refractivity (Wildman–Crippen MR) is 95.3 cm³/mol. The average molecular weight is 412 g/mol. The van der Waals surface area contributed by atoms with Gasteiger partial charge in [-0.1, -0.05) is 5.16 Å². The van der Waals surface area contributed by atoms with Gasteiger partial charge in [0, 0.05) is 37.8 Å². The molecule has 0 spiro atoms. The van der Waals surface area contributed by atoms with E-state index >= 15 is 0 Å². The molecule has 2 heterocycles. The van der Waals surface area contributed by atoms with Gasteiger partial charge in [0.25, 0.3) is 5.91 Å². The van der Waals surface area contributed by atoms with Crippen molar-refractivity contribution in [1.29, 1.82) is 0 Å². The number of anilines is 1. The summed E-state index contributed by atoms with van der Waals surface area (Å²) in [6.45, 7) is 3.65. The number of ether oxygens (including phenoxy) is 1. The molecule has 1 aromatic carbocycles. The van der Waals surface area contributed by atoms with Gasteiger partial charge in [0.2, 0.25) is 5.91 Å². The third-order valence-corrected chi connectivity index (χ3v) is 4.26. The van der Waals surface area contributed by atoms with Crippen LogP contribution in [-0.4, -0.2) is 65.9 Å². The molecule has 0 unspecified atom stereocenters. The standard InChI is InChI=1S/C18H19F3N4O4/c1-12-10-15(23-29-12)22-16(26)11-24-6-8-25(9-7-24)17(27)13-2-4-14(5-3-13)28-18(19,20)21/h2-5,10H,6-9,11H2,1H3,(H,22,23,26). The van der Waals surface area contributed by atoms with Crippen LogP contribution in [-0.2, 0) is 4.79 Å². The molecule has 11 heteroatoms. The summed E-state index contributed by atoms with van der Waals surface area (Å²) >= 11 is 0. The third-order valence-electron chi connectivity index (χ3n) is 4.26. The van der Waals surface area contributed by atoms with Gasteiger partial charge in [0.1, 0.15) is 11.5 Å². The number of amides is 2. The van der Waals surface area contributed by atoms with Crippen LogP contribution in [0, 0.1) is 6.92 Å². The summed E-state index contributed by atoms with van der Waals surface area (Å²) in [4.78, 5) is 28.1. The number of alkyl halides is 3. The molecule has 29 heavy (non-hydrogen) atoms. The van der Waals surface area contributed by atoms with E-state index in [1.165, 1.54) is 12.1 Å². The number of nitrogens with one attached hydrogen (secondary N) is 1. The molecule has 0 bridgehead atoms. The van der Waals surface area contributed by atoms with E-state index in [0.29, 0.717) is 37.8 Å². The number of aromatic nitrogens is 1. The van der Waals surface area contributed by atoms with Crippen molar-refractivity contribution in [2.75, 3.05) is 38.0 Å². The number of carbonyl (C=O) groups excluding carboxylic acids is 2. The lowest BCUT2D eigenvalue weighted by atomic mass is 10.1. The molecule has 2 aromatic rings. The maximum absolute atomic E-state index is 12.5. The van der Waals surface area contributed by atoms with Gasteiger partial charge in [-0.05, 0) is 31.2 Å². The van der Waals surface area contributed by atoms with E-state index < -0.39 is 6.36 Å². The Bertz CT molecular complexity index is 859. The normalized spacial score (nSPS) is 15.2. The van der Waals surface area contributed by atoms with Crippen LogP contribution < -0.4 is 10.1 Å². The van der Waals surface area contributed by atoms with E-state index in [0.717, 1.165) is 12.1 Å². The second-order valence-corrected chi connectivity index (χ2v) is 6.51. The zero-order valence-electron chi connectivity index (χ0n) is 15.5. The molecule has 0 aliphatic carbocycles. The van der Waals surface area contributed by atoms with Crippen molar-refractivity contribution in [3.05, 3.63) is 41.7 Å². The van der Waals surface area contributed by atoms with Crippen molar-refractivity contribution in [1.82, 2.24) is 15.0 Å². The van der Waals surface area contributed by atoms with Crippen LogP contribution in [0.1, 0.15) is 16.1 Å². The van der Waals surface area contributed by atoms with Crippen LogP contribution in [0.25, 0.3) is 0 Å². The Morgan fingerprint density at radius 2 is 1.83 bits per heavy atom. The fourth-order valence-corrected chi connectivity index (χ4v) is 2.90. The molecule has 1 aliphatic rings. The second-order valence-electron chi connectivity index (χ2n) is 6.51. The van der Waals surface area contributed by atoms with Gasteiger partial charge < -0.3 is 19.5 Å². The molecule has 0 radical (unpaired) electrons. The summed E-state index contributed by atoms with van der Waals surface area (Å²) in [5, 5.41) is 6.33. The molecule has 1 aliphatic heterocycles. The van der Waals surface area contributed by atoms with Crippen molar-refractivity contribution in [3.8, 4) is 5.75 Å². The molecule has 0 atom stereocenters. The Morgan fingerprint density at radius 3 is 2.38 bits per heavy atom. The number of carbonyl (C=O) groups is 2. The molecule has 3 rings (SSSR count). The molecule has 1 N–H and O–H groups in total. The first-order valence-corrected chi connectivity index (χ1v) is 8.80. The lowest BCUT2D eigenvalue weighted by Crippen LogP contribution is -2.50. The minimum Gasteiger partial charge on any atom is -0.406 e. The number of hydrogen-bond donors (Lipinski definition) is 1. The Kier molecular flexibility index (Phi) is 6.06. The van der Waals surface area contributed by atoms with E-state index in [-0.39, 0.29) is 29.7 Å². The number of nitrogens with zero attached hydrogens (tertiary/aromatic N) is 3. The highest BCUT2D eigenvalue weighted by Crippen LogP contribution is 2.23. The van der Waals surface area contributed by atoms with Crippen molar-refractivity contribution in [2.45, 2.75) is 13.3 Å². The summed E-state index contributed by atoms with van der Waals surface area (Å²) in [6, 6.07) is 6.41. The van der Waals surface area contributed by atoms with Crippen LogP contribution in [0.2, 0.25) is 0 Å². The predicted octanol–water partition coefficient (Wildman–Crippen LogP) is 2.28. The van der Waals surface area contributed by atoms with Gasteiger partial charge in [-0.2, -0.15) is 0 Å². The summed E-state index contributed by atoms with van der Waals surface area (Å²) in [7, 11) is 0. The highest BCUT2D eigenvalue weighted by atomic mass is 19.4. The molecule has 2 amide bonds. The first-order valence-electron chi connectivity index (χ1n) is 8.80. The van der Waals surface area contributed by atoms with Gasteiger partial charge in [-0.3, -0.25) is 14.5 Å². The number of benzene rings is 1. The highest BCUT2D eigenvalue weighted by Gasteiger charge is 2.31. The number of halogens is 3. The lowest BCUT2D eigenvalue weighted by molar-refractivity contribution is -0.274. The van der Waals surface area contributed by atoms with E-state index in [1.54, 1.807) is 17.9 Å². The Labute approximate surface area is 164 Å². The smallest absolute Gasteiger partial charge is 0.406 e. The fourth-order valence-electron chi connectivity index (χ4n) is 2.90. The van der Waals surface area contributed by atoms with Crippen molar-refractivity contribution < 1.29 is 32.0 Å². The minimum atomic E-state index is -4.78. The number of aryl methyl sites for hydroxylation is 1. The van der Waals surface area contributed by atoms with Gasteiger partial charge in [0.15, 0.2) is 5.82 Å². The second kappa shape index (κ2) is 8.52. The fraction of sp³-hybridized carbons (Fsp3) is 0.389. The van der Waals surface area contributed by atoms with Crippen LogP contribution in [0.3, 0.4) is 0 Å². The van der Waals surface area contributed by atoms with Gasteiger partial charge >= 0.3 is 6.36 Å². The minimum absolute atomic E-state index is 0.150. The van der Waals surface area contributed by atoms with Crippen LogP contribution >= 0.6 is 0 Å². The van der Waals surface area contributed by atoms with Gasteiger partial charge in [-0.15, -0.1) is 13.2 Å².